The molecule has 2 N–H and O–H groups in total. The Morgan fingerprint density at radius 2 is 2.00 bits per heavy atom. The van der Waals surface area contributed by atoms with Crippen molar-refractivity contribution < 1.29 is 14.3 Å². The highest BCUT2D eigenvalue weighted by atomic mass is 19.1. The van der Waals surface area contributed by atoms with E-state index in [1.165, 1.54) is 0 Å². The molecule has 3 nitrogen and oxygen atoms in total. The highest BCUT2D eigenvalue weighted by Gasteiger charge is 2.21. The molecule has 1 saturated carbocycles. The van der Waals surface area contributed by atoms with Crippen LogP contribution in [0.15, 0.2) is 12.1 Å². The molecule has 0 aromatic heterocycles. The van der Waals surface area contributed by atoms with Crippen molar-refractivity contribution in [2.45, 2.75) is 45.6 Å². The van der Waals surface area contributed by atoms with E-state index in [0.29, 0.717) is 29.2 Å². The summed E-state index contributed by atoms with van der Waals surface area (Å²) in [6.07, 6.45) is 3.43. The van der Waals surface area contributed by atoms with Crippen molar-refractivity contribution in [1.29, 1.82) is 0 Å². The summed E-state index contributed by atoms with van der Waals surface area (Å²) in [4.78, 5) is 12.1. The van der Waals surface area contributed by atoms with Crippen molar-refractivity contribution in [2.75, 3.05) is 6.54 Å². The van der Waals surface area contributed by atoms with Crippen molar-refractivity contribution in [3.05, 3.63) is 34.6 Å². The van der Waals surface area contributed by atoms with Crippen molar-refractivity contribution in [2.24, 2.45) is 5.92 Å². The molecule has 110 valence electrons. The van der Waals surface area contributed by atoms with Gasteiger partial charge in [0, 0.05) is 12.1 Å². The molecular weight excluding hydrogens is 257 g/mol. The molecule has 2 atom stereocenters. The van der Waals surface area contributed by atoms with E-state index >= 15 is 0 Å². The molecule has 1 amide bonds. The Morgan fingerprint density at radius 1 is 1.35 bits per heavy atom. The molecular formula is C16H22FNO2. The first kappa shape index (κ1) is 15.0. The molecule has 1 aromatic rings. The number of carbonyl (C=O) groups excluding carboxylic acids is 1. The molecule has 20 heavy (non-hydrogen) atoms. The van der Waals surface area contributed by atoms with Crippen LogP contribution < -0.4 is 5.32 Å². The van der Waals surface area contributed by atoms with Gasteiger partial charge in [0.15, 0.2) is 0 Å². The molecule has 0 heterocycles. The first-order valence-electron chi connectivity index (χ1n) is 7.20. The van der Waals surface area contributed by atoms with Crippen LogP contribution in [0.2, 0.25) is 0 Å². The number of nitrogens with one attached hydrogen (secondary N) is 1. The first-order chi connectivity index (χ1) is 9.47. The van der Waals surface area contributed by atoms with Gasteiger partial charge in [-0.25, -0.2) is 4.39 Å². The Morgan fingerprint density at radius 3 is 2.60 bits per heavy atom. The zero-order chi connectivity index (χ0) is 14.7. The summed E-state index contributed by atoms with van der Waals surface area (Å²) in [5.74, 6) is -0.0847. The van der Waals surface area contributed by atoms with E-state index in [9.17, 15) is 14.3 Å². The number of hydrogen-bond acceptors (Lipinski definition) is 2. The van der Waals surface area contributed by atoms with Gasteiger partial charge >= 0.3 is 0 Å². The van der Waals surface area contributed by atoms with Crippen molar-refractivity contribution in [1.82, 2.24) is 5.32 Å². The van der Waals surface area contributed by atoms with Crippen LogP contribution in [0.4, 0.5) is 4.39 Å². The van der Waals surface area contributed by atoms with Gasteiger partial charge in [-0.15, -0.1) is 0 Å². The monoisotopic (exact) mass is 279 g/mol. The highest BCUT2D eigenvalue weighted by Crippen LogP contribution is 2.23. The molecule has 1 aliphatic carbocycles. The molecule has 2 rings (SSSR count). The van der Waals surface area contributed by atoms with Crippen LogP contribution in [0.5, 0.6) is 0 Å². The summed E-state index contributed by atoms with van der Waals surface area (Å²) in [7, 11) is 0. The molecule has 1 aromatic carbocycles. The summed E-state index contributed by atoms with van der Waals surface area (Å²) in [6, 6.07) is 3.15. The van der Waals surface area contributed by atoms with Gasteiger partial charge in [-0.05, 0) is 62.3 Å². The van der Waals surface area contributed by atoms with Gasteiger partial charge in [0.2, 0.25) is 0 Å². The van der Waals surface area contributed by atoms with Crippen LogP contribution in [0, 0.1) is 25.6 Å². The second kappa shape index (κ2) is 6.35. The lowest BCUT2D eigenvalue weighted by Gasteiger charge is -2.25. The Balaban J connectivity index is 1.95. The number of halogens is 1. The molecule has 0 bridgehead atoms. The smallest absolute Gasteiger partial charge is 0.251 e. The lowest BCUT2D eigenvalue weighted by atomic mass is 9.87. The number of aliphatic hydroxyl groups is 1. The quantitative estimate of drug-likeness (QED) is 0.893. The Bertz CT molecular complexity index is 478. The first-order valence-corrected chi connectivity index (χ1v) is 7.20. The summed E-state index contributed by atoms with van der Waals surface area (Å²) >= 11 is 0. The zero-order valence-corrected chi connectivity index (χ0v) is 12.1. The largest absolute Gasteiger partial charge is 0.393 e. The van der Waals surface area contributed by atoms with Crippen LogP contribution >= 0.6 is 0 Å². The molecule has 0 saturated heterocycles. The minimum Gasteiger partial charge on any atom is -0.393 e. The van der Waals surface area contributed by atoms with E-state index in [0.717, 1.165) is 25.7 Å². The van der Waals surface area contributed by atoms with Gasteiger partial charge in [-0.3, -0.25) is 4.79 Å². The lowest BCUT2D eigenvalue weighted by Crippen LogP contribution is -2.33. The molecule has 0 aliphatic heterocycles. The van der Waals surface area contributed by atoms with E-state index in [1.54, 1.807) is 26.0 Å². The van der Waals surface area contributed by atoms with Gasteiger partial charge in [0.1, 0.15) is 5.82 Å². The summed E-state index contributed by atoms with van der Waals surface area (Å²) in [5.41, 5.74) is 1.48. The third-order valence-corrected chi connectivity index (χ3v) is 4.01. The Hall–Kier alpha value is -1.42. The molecule has 1 aliphatic rings. The second-order valence-corrected chi connectivity index (χ2v) is 5.82. The van der Waals surface area contributed by atoms with Crippen LogP contribution in [0.25, 0.3) is 0 Å². The van der Waals surface area contributed by atoms with Crippen molar-refractivity contribution in [3.8, 4) is 0 Å². The van der Waals surface area contributed by atoms with Crippen LogP contribution in [-0.2, 0) is 0 Å². The van der Waals surface area contributed by atoms with E-state index < -0.39 is 0 Å². The normalized spacial score (nSPS) is 22.6. The summed E-state index contributed by atoms with van der Waals surface area (Å²) in [5, 5.41) is 12.5. The van der Waals surface area contributed by atoms with Gasteiger partial charge in [-0.2, -0.15) is 0 Å². The average molecular weight is 279 g/mol. The number of aryl methyl sites for hydroxylation is 2. The van der Waals surface area contributed by atoms with Gasteiger partial charge in [-0.1, -0.05) is 6.42 Å². The minimum atomic E-state index is -0.253. The highest BCUT2D eigenvalue weighted by molar-refractivity contribution is 5.94. The van der Waals surface area contributed by atoms with Gasteiger partial charge < -0.3 is 10.4 Å². The third-order valence-electron chi connectivity index (χ3n) is 4.01. The molecule has 0 radical (unpaired) electrons. The summed E-state index contributed by atoms with van der Waals surface area (Å²) < 4.78 is 13.5. The van der Waals surface area contributed by atoms with Crippen molar-refractivity contribution in [3.63, 3.8) is 0 Å². The van der Waals surface area contributed by atoms with E-state index in [-0.39, 0.29) is 17.8 Å². The number of amides is 1. The fourth-order valence-corrected chi connectivity index (χ4v) is 2.86. The SMILES string of the molecule is Cc1cc(C(=O)NCC2CCCC(O)C2)cc(C)c1F. The fourth-order valence-electron chi connectivity index (χ4n) is 2.86. The maximum Gasteiger partial charge on any atom is 0.251 e. The molecule has 0 spiro atoms. The zero-order valence-electron chi connectivity index (χ0n) is 12.1. The van der Waals surface area contributed by atoms with E-state index in [1.807, 2.05) is 0 Å². The van der Waals surface area contributed by atoms with Crippen LogP contribution in [0.1, 0.15) is 47.2 Å². The Labute approximate surface area is 119 Å². The number of aliphatic hydroxyl groups excluding tert-OH is 1. The van der Waals surface area contributed by atoms with Crippen molar-refractivity contribution >= 4 is 5.91 Å². The standard InChI is InChI=1S/C16H22FNO2/c1-10-6-13(7-11(2)15(10)17)16(20)18-9-12-4-3-5-14(19)8-12/h6-7,12,14,19H,3-5,8-9H2,1-2H3,(H,18,20). The van der Waals surface area contributed by atoms with Gasteiger partial charge in [0.25, 0.3) is 5.91 Å². The van der Waals surface area contributed by atoms with E-state index in [4.69, 9.17) is 0 Å². The topological polar surface area (TPSA) is 49.3 Å². The van der Waals surface area contributed by atoms with Gasteiger partial charge in [0.05, 0.1) is 6.10 Å². The lowest BCUT2D eigenvalue weighted by molar-refractivity contribution is 0.0873. The maximum absolute atomic E-state index is 13.5. The molecule has 4 heteroatoms. The Kier molecular flexibility index (Phi) is 4.76. The van der Waals surface area contributed by atoms with E-state index in [2.05, 4.69) is 5.32 Å². The second-order valence-electron chi connectivity index (χ2n) is 5.82. The summed E-state index contributed by atoms with van der Waals surface area (Å²) in [6.45, 7) is 3.90. The number of carbonyl (C=O) groups is 1. The van der Waals surface area contributed by atoms with Crippen LogP contribution in [-0.4, -0.2) is 23.7 Å². The maximum atomic E-state index is 13.5. The third kappa shape index (κ3) is 3.57. The number of rotatable bonds is 3. The molecule has 1 fully saturated rings. The average Bonchev–Trinajstić information content (AvgIpc) is 2.41. The molecule has 2 unspecified atom stereocenters. The predicted molar refractivity (Wildman–Crippen MR) is 76.2 cm³/mol. The minimum absolute atomic E-state index is 0.170. The number of benzene rings is 1. The predicted octanol–water partition coefficient (Wildman–Crippen LogP) is 2.72. The fraction of sp³-hybridized carbons (Fsp3) is 0.562. The number of hydrogen-bond donors (Lipinski definition) is 2. The van der Waals surface area contributed by atoms with Crippen LogP contribution in [0.3, 0.4) is 0 Å².